The van der Waals surface area contributed by atoms with Crippen LogP contribution in [-0.4, -0.2) is 47.9 Å². The molecule has 2 heterocycles. The summed E-state index contributed by atoms with van der Waals surface area (Å²) in [6.07, 6.45) is 7.86. The van der Waals surface area contributed by atoms with Crippen molar-refractivity contribution in [1.82, 2.24) is 9.80 Å². The monoisotopic (exact) mass is 266 g/mol. The van der Waals surface area contributed by atoms with Gasteiger partial charge in [-0.05, 0) is 38.8 Å². The van der Waals surface area contributed by atoms with Gasteiger partial charge in [0.1, 0.15) is 0 Å². The second kappa shape index (κ2) is 6.25. The highest BCUT2D eigenvalue weighted by Gasteiger charge is 2.31. The molecule has 0 unspecified atom stereocenters. The zero-order chi connectivity index (χ0) is 13.9. The highest BCUT2D eigenvalue weighted by Crippen LogP contribution is 2.24. The van der Waals surface area contributed by atoms with E-state index in [0.29, 0.717) is 5.91 Å². The zero-order valence-corrected chi connectivity index (χ0v) is 13.0. The van der Waals surface area contributed by atoms with Crippen molar-refractivity contribution in [2.75, 3.05) is 26.2 Å². The second-order valence-electron chi connectivity index (χ2n) is 7.22. The molecule has 2 fully saturated rings. The van der Waals surface area contributed by atoms with E-state index in [0.717, 1.165) is 19.1 Å². The van der Waals surface area contributed by atoms with Gasteiger partial charge in [0.25, 0.3) is 0 Å². The van der Waals surface area contributed by atoms with Gasteiger partial charge in [-0.15, -0.1) is 0 Å². The molecular weight excluding hydrogens is 236 g/mol. The summed E-state index contributed by atoms with van der Waals surface area (Å²) in [6, 6.07) is 0.724. The van der Waals surface area contributed by atoms with E-state index in [4.69, 9.17) is 0 Å². The van der Waals surface area contributed by atoms with Gasteiger partial charge in [-0.2, -0.15) is 0 Å². The Balaban J connectivity index is 1.83. The van der Waals surface area contributed by atoms with Crippen LogP contribution < -0.4 is 0 Å². The molecule has 19 heavy (non-hydrogen) atoms. The lowest BCUT2D eigenvalue weighted by Gasteiger charge is -2.40. The fourth-order valence-electron chi connectivity index (χ4n) is 3.37. The fourth-order valence-corrected chi connectivity index (χ4v) is 3.37. The van der Waals surface area contributed by atoms with Crippen LogP contribution in [0, 0.1) is 5.41 Å². The van der Waals surface area contributed by atoms with Crippen molar-refractivity contribution < 1.29 is 4.79 Å². The summed E-state index contributed by atoms with van der Waals surface area (Å²) in [7, 11) is 0. The summed E-state index contributed by atoms with van der Waals surface area (Å²) in [4.78, 5) is 17.0. The van der Waals surface area contributed by atoms with Crippen molar-refractivity contribution in [3.05, 3.63) is 0 Å². The number of nitrogens with zero attached hydrogens (tertiary/aromatic N) is 2. The zero-order valence-electron chi connectivity index (χ0n) is 13.0. The molecule has 0 atom stereocenters. The Morgan fingerprint density at radius 1 is 0.895 bits per heavy atom. The Morgan fingerprint density at radius 3 is 1.89 bits per heavy atom. The van der Waals surface area contributed by atoms with E-state index >= 15 is 0 Å². The number of hydrogen-bond donors (Lipinski definition) is 0. The Hall–Kier alpha value is -0.570. The molecule has 0 radical (unpaired) electrons. The molecule has 0 aliphatic carbocycles. The summed E-state index contributed by atoms with van der Waals surface area (Å²) in [5.74, 6) is 0.321. The van der Waals surface area contributed by atoms with E-state index in [-0.39, 0.29) is 5.41 Å². The molecule has 110 valence electrons. The van der Waals surface area contributed by atoms with Crippen molar-refractivity contribution in [2.24, 2.45) is 5.41 Å². The standard InChI is InChI=1S/C16H30N2O/c1-16(2,3)15(19)18-12-8-14(9-13-18)17-10-6-4-5-7-11-17/h14H,4-13H2,1-3H3. The summed E-state index contributed by atoms with van der Waals surface area (Å²) < 4.78 is 0. The minimum Gasteiger partial charge on any atom is -0.342 e. The smallest absolute Gasteiger partial charge is 0.227 e. The average molecular weight is 266 g/mol. The van der Waals surface area contributed by atoms with Crippen molar-refractivity contribution >= 4 is 5.91 Å². The van der Waals surface area contributed by atoms with Crippen molar-refractivity contribution in [3.8, 4) is 0 Å². The molecular formula is C16H30N2O. The first-order valence-electron chi connectivity index (χ1n) is 8.02. The van der Waals surface area contributed by atoms with E-state index < -0.39 is 0 Å². The Kier molecular flexibility index (Phi) is 4.88. The molecule has 1 amide bonds. The SMILES string of the molecule is CC(C)(C)C(=O)N1CCC(N2CCCCCC2)CC1. The van der Waals surface area contributed by atoms with Crippen molar-refractivity contribution in [1.29, 1.82) is 0 Å². The van der Waals surface area contributed by atoms with Crippen LogP contribution in [0.5, 0.6) is 0 Å². The molecule has 2 saturated heterocycles. The maximum Gasteiger partial charge on any atom is 0.227 e. The Morgan fingerprint density at radius 2 is 1.42 bits per heavy atom. The predicted molar refractivity (Wildman–Crippen MR) is 79.1 cm³/mol. The van der Waals surface area contributed by atoms with Crippen LogP contribution in [0.25, 0.3) is 0 Å². The van der Waals surface area contributed by atoms with Gasteiger partial charge in [0, 0.05) is 24.5 Å². The van der Waals surface area contributed by atoms with E-state index in [9.17, 15) is 4.79 Å². The molecule has 0 spiro atoms. The minimum atomic E-state index is -0.227. The second-order valence-corrected chi connectivity index (χ2v) is 7.22. The normalized spacial score (nSPS) is 24.3. The Labute approximate surface area is 118 Å². The third-order valence-corrected chi connectivity index (χ3v) is 4.55. The third kappa shape index (κ3) is 3.95. The van der Waals surface area contributed by atoms with Crippen molar-refractivity contribution in [3.63, 3.8) is 0 Å². The molecule has 2 aliphatic rings. The van der Waals surface area contributed by atoms with Crippen LogP contribution in [0.1, 0.15) is 59.3 Å². The molecule has 3 heteroatoms. The topological polar surface area (TPSA) is 23.6 Å². The molecule has 0 bridgehead atoms. The first kappa shape index (κ1) is 14.8. The molecule has 0 N–H and O–H groups in total. The summed E-state index contributed by atoms with van der Waals surface area (Å²) in [6.45, 7) is 10.5. The Bertz CT molecular complexity index is 292. The van der Waals surface area contributed by atoms with Crippen LogP contribution in [0.4, 0.5) is 0 Å². The van der Waals surface area contributed by atoms with Crippen LogP contribution >= 0.6 is 0 Å². The molecule has 0 saturated carbocycles. The first-order chi connectivity index (χ1) is 8.98. The minimum absolute atomic E-state index is 0.227. The van der Waals surface area contributed by atoms with E-state index in [2.05, 4.69) is 9.80 Å². The molecule has 0 aromatic heterocycles. The number of carbonyl (C=O) groups is 1. The lowest BCUT2D eigenvalue weighted by molar-refractivity contribution is -0.141. The highest BCUT2D eigenvalue weighted by atomic mass is 16.2. The largest absolute Gasteiger partial charge is 0.342 e. The number of rotatable bonds is 1. The van der Waals surface area contributed by atoms with Crippen LogP contribution in [0.2, 0.25) is 0 Å². The van der Waals surface area contributed by atoms with Crippen LogP contribution in [0.15, 0.2) is 0 Å². The van der Waals surface area contributed by atoms with E-state index in [1.165, 1.54) is 51.6 Å². The number of likely N-dealkylation sites (tertiary alicyclic amines) is 2. The highest BCUT2D eigenvalue weighted by molar-refractivity contribution is 5.81. The molecule has 2 rings (SSSR count). The van der Waals surface area contributed by atoms with Gasteiger partial charge in [0.15, 0.2) is 0 Å². The summed E-state index contributed by atoms with van der Waals surface area (Å²) in [5.41, 5.74) is -0.227. The predicted octanol–water partition coefficient (Wildman–Crippen LogP) is 2.90. The van der Waals surface area contributed by atoms with Crippen molar-refractivity contribution in [2.45, 2.75) is 65.3 Å². The van der Waals surface area contributed by atoms with E-state index in [1.807, 2.05) is 20.8 Å². The van der Waals surface area contributed by atoms with Gasteiger partial charge < -0.3 is 9.80 Å². The van der Waals surface area contributed by atoms with Gasteiger partial charge in [-0.3, -0.25) is 4.79 Å². The number of carbonyl (C=O) groups excluding carboxylic acids is 1. The van der Waals surface area contributed by atoms with Gasteiger partial charge in [-0.25, -0.2) is 0 Å². The fraction of sp³-hybridized carbons (Fsp3) is 0.938. The summed E-state index contributed by atoms with van der Waals surface area (Å²) >= 11 is 0. The maximum absolute atomic E-state index is 12.3. The molecule has 3 nitrogen and oxygen atoms in total. The van der Waals surface area contributed by atoms with Gasteiger partial charge in [0.2, 0.25) is 5.91 Å². The molecule has 2 aliphatic heterocycles. The maximum atomic E-state index is 12.3. The first-order valence-corrected chi connectivity index (χ1v) is 8.02. The number of hydrogen-bond acceptors (Lipinski definition) is 2. The van der Waals surface area contributed by atoms with Gasteiger partial charge in [-0.1, -0.05) is 33.6 Å². The van der Waals surface area contributed by atoms with Gasteiger partial charge >= 0.3 is 0 Å². The van der Waals surface area contributed by atoms with E-state index in [1.54, 1.807) is 0 Å². The quantitative estimate of drug-likeness (QED) is 0.728. The number of piperidine rings is 1. The van der Waals surface area contributed by atoms with Gasteiger partial charge in [0.05, 0.1) is 0 Å². The summed E-state index contributed by atoms with van der Waals surface area (Å²) in [5, 5.41) is 0. The van der Waals surface area contributed by atoms with Crippen LogP contribution in [-0.2, 0) is 4.79 Å². The average Bonchev–Trinajstić information content (AvgIpc) is 2.66. The lowest BCUT2D eigenvalue weighted by Crippen LogP contribution is -2.49. The molecule has 0 aromatic carbocycles. The third-order valence-electron chi connectivity index (χ3n) is 4.55. The molecule has 0 aromatic rings. The van der Waals surface area contributed by atoms with Crippen LogP contribution in [0.3, 0.4) is 0 Å². The lowest BCUT2D eigenvalue weighted by atomic mass is 9.92. The number of amides is 1.